The molecule has 0 aliphatic carbocycles. The number of benzene rings is 2. The van der Waals surface area contributed by atoms with E-state index in [0.717, 1.165) is 17.0 Å². The molecule has 0 fully saturated rings. The number of nitrogens with zero attached hydrogens (tertiary/aromatic N) is 4. The van der Waals surface area contributed by atoms with Gasteiger partial charge < -0.3 is 9.47 Å². The average Bonchev–Trinajstić information content (AvgIpc) is 3.05. The maximum Gasteiger partial charge on any atom is 0.387 e. The lowest BCUT2D eigenvalue weighted by Gasteiger charge is -2.18. The lowest BCUT2D eigenvalue weighted by molar-refractivity contribution is -0.0512. The first-order valence-corrected chi connectivity index (χ1v) is 10.5. The molecule has 3 aromatic rings. The van der Waals surface area contributed by atoms with Gasteiger partial charge in [0.1, 0.15) is 0 Å². The van der Waals surface area contributed by atoms with Crippen LogP contribution in [0.4, 0.5) is 8.78 Å². The lowest BCUT2D eigenvalue weighted by Crippen LogP contribution is -2.22. The molecule has 10 heteroatoms. The fourth-order valence-electron chi connectivity index (χ4n) is 3.23. The summed E-state index contributed by atoms with van der Waals surface area (Å²) in [5.41, 5.74) is 1.75. The van der Waals surface area contributed by atoms with Crippen LogP contribution in [0.15, 0.2) is 55.1 Å². The Bertz CT molecular complexity index is 1130. The molecule has 2 aromatic carbocycles. The van der Waals surface area contributed by atoms with Gasteiger partial charge in [0.15, 0.2) is 22.1 Å². The van der Waals surface area contributed by atoms with E-state index in [4.69, 9.17) is 33.7 Å². The van der Waals surface area contributed by atoms with E-state index in [9.17, 15) is 8.78 Å². The van der Waals surface area contributed by atoms with E-state index in [2.05, 4.69) is 11.3 Å². The molecule has 0 amide bonds. The minimum atomic E-state index is -2.92. The Labute approximate surface area is 195 Å². The number of alkyl halides is 2. The molecule has 0 unspecified atom stereocenters. The zero-order valence-corrected chi connectivity index (χ0v) is 19.2. The predicted molar refractivity (Wildman–Crippen MR) is 123 cm³/mol. The Morgan fingerprint density at radius 2 is 1.94 bits per heavy atom. The topological polar surface area (TPSA) is 44.5 Å². The smallest absolute Gasteiger partial charge is 0.387 e. The second-order valence-electron chi connectivity index (χ2n) is 7.03. The molecule has 0 atom stereocenters. The van der Waals surface area contributed by atoms with Gasteiger partial charge in [-0.15, -0.1) is 6.58 Å². The zero-order chi connectivity index (χ0) is 23.3. The first-order valence-electron chi connectivity index (χ1n) is 9.67. The molecule has 170 valence electrons. The second-order valence-corrected chi connectivity index (χ2v) is 7.83. The van der Waals surface area contributed by atoms with Crippen LogP contribution >= 0.6 is 23.8 Å². The monoisotopic (exact) mass is 480 g/mol. The summed E-state index contributed by atoms with van der Waals surface area (Å²) in [6, 6.07) is 12.2. The van der Waals surface area contributed by atoms with E-state index >= 15 is 0 Å². The molecule has 0 saturated heterocycles. The standard InChI is InChI=1S/C22H23ClF2N4O2S/c1-4-11-28-20(16-6-8-17(23)9-7-16)26-29(22(28)32)14-27(2)13-15-5-10-18(31-21(24)25)19(12-15)30-3/h4-10,12,21H,1,11,13-14H2,2-3H3. The van der Waals surface area contributed by atoms with Crippen molar-refractivity contribution in [1.82, 2.24) is 19.2 Å². The number of allylic oxidation sites excluding steroid dienone is 1. The number of rotatable bonds is 10. The van der Waals surface area contributed by atoms with Gasteiger partial charge in [-0.1, -0.05) is 23.7 Å². The molecule has 0 N–H and O–H groups in total. The van der Waals surface area contributed by atoms with Crippen LogP contribution in [-0.4, -0.2) is 40.0 Å². The summed E-state index contributed by atoms with van der Waals surface area (Å²) in [7, 11) is 3.32. The molecular formula is C22H23ClF2N4O2S. The highest BCUT2D eigenvalue weighted by atomic mass is 35.5. The lowest BCUT2D eigenvalue weighted by atomic mass is 10.2. The Hall–Kier alpha value is -2.75. The summed E-state index contributed by atoms with van der Waals surface area (Å²) in [4.78, 5) is 2.00. The van der Waals surface area contributed by atoms with Gasteiger partial charge in [0.25, 0.3) is 0 Å². The number of methoxy groups -OCH3 is 1. The Morgan fingerprint density at radius 3 is 2.56 bits per heavy atom. The minimum absolute atomic E-state index is 0.00750. The van der Waals surface area contributed by atoms with Gasteiger partial charge in [0.05, 0.1) is 13.8 Å². The highest BCUT2D eigenvalue weighted by molar-refractivity contribution is 7.71. The van der Waals surface area contributed by atoms with E-state index in [-0.39, 0.29) is 11.5 Å². The van der Waals surface area contributed by atoms with Crippen molar-refractivity contribution in [2.75, 3.05) is 14.2 Å². The van der Waals surface area contributed by atoms with Crippen LogP contribution in [0.25, 0.3) is 11.4 Å². The van der Waals surface area contributed by atoms with Crippen LogP contribution in [0.1, 0.15) is 5.56 Å². The molecule has 1 aromatic heterocycles. The highest BCUT2D eigenvalue weighted by Gasteiger charge is 2.15. The van der Waals surface area contributed by atoms with Crippen molar-refractivity contribution in [2.45, 2.75) is 26.4 Å². The molecule has 0 spiro atoms. The third kappa shape index (κ3) is 5.73. The molecule has 1 heterocycles. The van der Waals surface area contributed by atoms with Crippen LogP contribution in [0.2, 0.25) is 5.02 Å². The first kappa shape index (κ1) is 23.9. The Morgan fingerprint density at radius 1 is 1.22 bits per heavy atom. The maximum absolute atomic E-state index is 12.5. The maximum atomic E-state index is 12.5. The van der Waals surface area contributed by atoms with E-state index in [1.807, 2.05) is 28.6 Å². The molecule has 0 saturated carbocycles. The van der Waals surface area contributed by atoms with Gasteiger partial charge in [-0.3, -0.25) is 9.47 Å². The van der Waals surface area contributed by atoms with Crippen LogP contribution in [0.3, 0.4) is 0 Å². The summed E-state index contributed by atoms with van der Waals surface area (Å²) < 4.78 is 38.9. The van der Waals surface area contributed by atoms with Gasteiger partial charge in [0, 0.05) is 23.7 Å². The van der Waals surface area contributed by atoms with E-state index in [0.29, 0.717) is 29.6 Å². The van der Waals surface area contributed by atoms with Crippen molar-refractivity contribution in [2.24, 2.45) is 0 Å². The summed E-state index contributed by atoms with van der Waals surface area (Å²) in [5, 5.41) is 5.35. The van der Waals surface area contributed by atoms with Crippen molar-refractivity contribution in [1.29, 1.82) is 0 Å². The molecular weight excluding hydrogens is 458 g/mol. The quantitative estimate of drug-likeness (QED) is 0.278. The van der Waals surface area contributed by atoms with Crippen LogP contribution in [0.5, 0.6) is 11.5 Å². The average molecular weight is 481 g/mol. The number of halogens is 3. The Kier molecular flexibility index (Phi) is 8.00. The van der Waals surface area contributed by atoms with Crippen LogP contribution < -0.4 is 9.47 Å². The molecule has 0 aliphatic rings. The van der Waals surface area contributed by atoms with E-state index in [1.165, 1.54) is 13.2 Å². The minimum Gasteiger partial charge on any atom is -0.493 e. The second kappa shape index (κ2) is 10.7. The summed E-state index contributed by atoms with van der Waals surface area (Å²) >= 11 is 11.6. The fraction of sp³-hybridized carbons (Fsp3) is 0.273. The summed E-state index contributed by atoms with van der Waals surface area (Å²) in [6.07, 6.45) is 1.76. The van der Waals surface area contributed by atoms with Crippen LogP contribution in [-0.2, 0) is 19.8 Å². The number of hydrogen-bond donors (Lipinski definition) is 0. The molecule has 3 rings (SSSR count). The zero-order valence-electron chi connectivity index (χ0n) is 17.7. The SMILES string of the molecule is C=CCn1c(-c2ccc(Cl)cc2)nn(CN(C)Cc2ccc(OC(F)F)c(OC)c2)c1=S. The van der Waals surface area contributed by atoms with Crippen molar-refractivity contribution in [3.63, 3.8) is 0 Å². The number of aromatic nitrogens is 3. The largest absolute Gasteiger partial charge is 0.493 e. The summed E-state index contributed by atoms with van der Waals surface area (Å²) in [6.45, 7) is 2.34. The van der Waals surface area contributed by atoms with Gasteiger partial charge >= 0.3 is 6.61 Å². The molecule has 6 nitrogen and oxygen atoms in total. The Balaban J connectivity index is 1.81. The van der Waals surface area contributed by atoms with Crippen molar-refractivity contribution >= 4 is 23.8 Å². The third-order valence-electron chi connectivity index (χ3n) is 4.61. The van der Waals surface area contributed by atoms with E-state index in [1.54, 1.807) is 35.0 Å². The molecule has 32 heavy (non-hydrogen) atoms. The fourth-order valence-corrected chi connectivity index (χ4v) is 3.62. The molecule has 0 radical (unpaired) electrons. The molecule has 0 aliphatic heterocycles. The van der Waals surface area contributed by atoms with Crippen molar-refractivity contribution in [3.8, 4) is 22.9 Å². The number of ether oxygens (including phenoxy) is 2. The van der Waals surface area contributed by atoms with Gasteiger partial charge in [-0.2, -0.15) is 13.9 Å². The van der Waals surface area contributed by atoms with Crippen molar-refractivity contribution in [3.05, 3.63) is 70.5 Å². The van der Waals surface area contributed by atoms with Crippen LogP contribution in [0, 0.1) is 4.77 Å². The van der Waals surface area contributed by atoms with Crippen molar-refractivity contribution < 1.29 is 18.3 Å². The van der Waals surface area contributed by atoms with Gasteiger partial charge in [-0.05, 0) is 61.2 Å². The third-order valence-corrected chi connectivity index (χ3v) is 5.29. The molecule has 0 bridgehead atoms. The predicted octanol–water partition coefficient (Wildman–Crippen LogP) is 5.62. The van der Waals surface area contributed by atoms with Gasteiger partial charge in [0.2, 0.25) is 0 Å². The summed E-state index contributed by atoms with van der Waals surface area (Å²) in [5.74, 6) is 0.954. The highest BCUT2D eigenvalue weighted by Crippen LogP contribution is 2.30. The first-order chi connectivity index (χ1) is 15.3. The van der Waals surface area contributed by atoms with Gasteiger partial charge in [-0.25, -0.2) is 4.68 Å². The number of hydrogen-bond acceptors (Lipinski definition) is 5. The van der Waals surface area contributed by atoms with E-state index < -0.39 is 6.61 Å². The normalized spacial score (nSPS) is 11.2.